The number of benzene rings is 1. The van der Waals surface area contributed by atoms with Crippen LogP contribution in [0.1, 0.15) is 11.5 Å². The molecule has 8 heteroatoms. The van der Waals surface area contributed by atoms with E-state index in [1.165, 1.54) is 13.1 Å². The third-order valence-corrected chi connectivity index (χ3v) is 4.54. The minimum absolute atomic E-state index is 0.0104. The van der Waals surface area contributed by atoms with Crippen molar-refractivity contribution in [2.75, 3.05) is 12.8 Å². The molecule has 0 unspecified atom stereocenters. The Morgan fingerprint density at radius 3 is 2.65 bits per heavy atom. The fourth-order valence-corrected chi connectivity index (χ4v) is 2.88. The summed E-state index contributed by atoms with van der Waals surface area (Å²) in [7, 11) is -2.61. The van der Waals surface area contributed by atoms with Gasteiger partial charge in [-0.1, -0.05) is 5.16 Å². The summed E-state index contributed by atoms with van der Waals surface area (Å²) in [6.45, 7) is 1.69. The third-order valence-electron chi connectivity index (χ3n) is 2.71. The van der Waals surface area contributed by atoms with E-state index in [4.69, 9.17) is 10.3 Å². The Morgan fingerprint density at radius 2 is 2.10 bits per heavy atom. The molecule has 2 rings (SSSR count). The van der Waals surface area contributed by atoms with E-state index in [1.807, 2.05) is 0 Å². The minimum atomic E-state index is -3.95. The van der Waals surface area contributed by atoms with Crippen molar-refractivity contribution in [1.29, 1.82) is 0 Å². The van der Waals surface area contributed by atoms with Crippen LogP contribution in [0.3, 0.4) is 0 Å². The van der Waals surface area contributed by atoms with Gasteiger partial charge in [-0.3, -0.25) is 0 Å². The number of halogens is 1. The average Bonchev–Trinajstić information content (AvgIpc) is 2.74. The molecule has 1 aromatic heterocycles. The number of sulfonamides is 1. The van der Waals surface area contributed by atoms with Crippen molar-refractivity contribution < 1.29 is 17.3 Å². The van der Waals surface area contributed by atoms with Crippen molar-refractivity contribution in [3.63, 3.8) is 0 Å². The predicted molar refractivity (Wildman–Crippen MR) is 70.7 cm³/mol. The van der Waals surface area contributed by atoms with E-state index in [1.54, 1.807) is 13.0 Å². The molecule has 0 atom stereocenters. The predicted octanol–water partition coefficient (Wildman–Crippen LogP) is 1.53. The van der Waals surface area contributed by atoms with Crippen LogP contribution in [-0.4, -0.2) is 24.9 Å². The molecular weight excluding hydrogens is 285 g/mol. The zero-order valence-electron chi connectivity index (χ0n) is 11.0. The highest BCUT2D eigenvalue weighted by atomic mass is 32.2. The van der Waals surface area contributed by atoms with E-state index in [2.05, 4.69) is 5.16 Å². The SMILES string of the molecule is Cc1cc(CN(C)S(=O)(=O)c2ccc(N)cc2F)no1. The first-order chi connectivity index (χ1) is 9.30. The van der Waals surface area contributed by atoms with Crippen LogP contribution in [0.4, 0.5) is 10.1 Å². The molecule has 108 valence electrons. The van der Waals surface area contributed by atoms with Crippen LogP contribution >= 0.6 is 0 Å². The second kappa shape index (κ2) is 5.22. The second-order valence-corrected chi connectivity index (χ2v) is 6.39. The van der Waals surface area contributed by atoms with Gasteiger partial charge in [-0.2, -0.15) is 4.31 Å². The number of hydrogen-bond donors (Lipinski definition) is 1. The molecule has 0 saturated heterocycles. The van der Waals surface area contributed by atoms with Crippen LogP contribution in [-0.2, 0) is 16.6 Å². The zero-order chi connectivity index (χ0) is 14.9. The smallest absolute Gasteiger partial charge is 0.246 e. The number of nitrogens with zero attached hydrogens (tertiary/aromatic N) is 2. The highest BCUT2D eigenvalue weighted by Crippen LogP contribution is 2.21. The number of nitrogens with two attached hydrogens (primary N) is 1. The highest BCUT2D eigenvalue weighted by Gasteiger charge is 2.25. The van der Waals surface area contributed by atoms with Gasteiger partial charge in [0.15, 0.2) is 0 Å². The first-order valence-corrected chi connectivity index (χ1v) is 7.18. The van der Waals surface area contributed by atoms with Crippen molar-refractivity contribution >= 4 is 15.7 Å². The summed E-state index contributed by atoms with van der Waals surface area (Å²) in [4.78, 5) is -0.422. The molecule has 6 nitrogen and oxygen atoms in total. The number of aromatic nitrogens is 1. The van der Waals surface area contributed by atoms with Crippen LogP contribution in [0.5, 0.6) is 0 Å². The maximum atomic E-state index is 13.7. The average molecular weight is 299 g/mol. The monoisotopic (exact) mass is 299 g/mol. The fourth-order valence-electron chi connectivity index (χ4n) is 1.70. The standard InChI is InChI=1S/C12H14FN3O3S/c1-8-5-10(15-19-8)7-16(2)20(17,18)12-4-3-9(14)6-11(12)13/h3-6H,7,14H2,1-2H3. The van der Waals surface area contributed by atoms with E-state index in [0.717, 1.165) is 16.4 Å². The topological polar surface area (TPSA) is 89.4 Å². The van der Waals surface area contributed by atoms with Crippen LogP contribution in [0.2, 0.25) is 0 Å². The lowest BCUT2D eigenvalue weighted by molar-refractivity contribution is 0.377. The van der Waals surface area contributed by atoms with Crippen LogP contribution < -0.4 is 5.73 Å². The lowest BCUT2D eigenvalue weighted by Gasteiger charge is -2.16. The molecule has 0 fully saturated rings. The summed E-state index contributed by atoms with van der Waals surface area (Å²) in [5.41, 5.74) is 6.01. The fraction of sp³-hybridized carbons (Fsp3) is 0.250. The van der Waals surface area contributed by atoms with Gasteiger partial charge in [-0.25, -0.2) is 12.8 Å². The summed E-state index contributed by atoms with van der Waals surface area (Å²) in [6.07, 6.45) is 0. The van der Waals surface area contributed by atoms with Gasteiger partial charge >= 0.3 is 0 Å². The van der Waals surface area contributed by atoms with E-state index in [0.29, 0.717) is 11.5 Å². The van der Waals surface area contributed by atoms with Gasteiger partial charge in [0, 0.05) is 18.8 Å². The molecule has 1 heterocycles. The van der Waals surface area contributed by atoms with Gasteiger partial charge in [0.1, 0.15) is 16.5 Å². The number of nitrogen functional groups attached to an aromatic ring is 1. The molecule has 2 N–H and O–H groups in total. The second-order valence-electron chi connectivity index (χ2n) is 4.38. The van der Waals surface area contributed by atoms with Crippen LogP contribution in [0.25, 0.3) is 0 Å². The number of rotatable bonds is 4. The van der Waals surface area contributed by atoms with E-state index in [-0.39, 0.29) is 12.2 Å². The van der Waals surface area contributed by atoms with Gasteiger partial charge < -0.3 is 10.3 Å². The molecule has 0 saturated carbocycles. The summed E-state index contributed by atoms with van der Waals surface area (Å²) >= 11 is 0. The summed E-state index contributed by atoms with van der Waals surface area (Å²) in [6, 6.07) is 5.07. The van der Waals surface area contributed by atoms with Crippen molar-refractivity contribution in [3.8, 4) is 0 Å². The Balaban J connectivity index is 2.29. The highest BCUT2D eigenvalue weighted by molar-refractivity contribution is 7.89. The Hall–Kier alpha value is -1.93. The minimum Gasteiger partial charge on any atom is -0.399 e. The molecule has 2 aromatic rings. The third kappa shape index (κ3) is 2.81. The zero-order valence-corrected chi connectivity index (χ0v) is 11.8. The Morgan fingerprint density at radius 1 is 1.40 bits per heavy atom. The molecule has 0 aliphatic heterocycles. The molecule has 0 spiro atoms. The Kier molecular flexibility index (Phi) is 3.78. The first-order valence-electron chi connectivity index (χ1n) is 5.74. The summed E-state index contributed by atoms with van der Waals surface area (Å²) in [5, 5.41) is 3.70. The van der Waals surface area contributed by atoms with E-state index < -0.39 is 20.7 Å². The molecule has 0 radical (unpaired) electrons. The van der Waals surface area contributed by atoms with Crippen LogP contribution in [0, 0.1) is 12.7 Å². The van der Waals surface area contributed by atoms with E-state index in [9.17, 15) is 12.8 Å². The van der Waals surface area contributed by atoms with E-state index >= 15 is 0 Å². The Bertz CT molecular complexity index is 727. The molecular formula is C12H14FN3O3S. The van der Waals surface area contributed by atoms with Gasteiger partial charge in [0.25, 0.3) is 0 Å². The quantitative estimate of drug-likeness (QED) is 0.865. The molecule has 1 aromatic carbocycles. The van der Waals surface area contributed by atoms with Crippen molar-refractivity contribution in [1.82, 2.24) is 9.46 Å². The van der Waals surface area contributed by atoms with Gasteiger partial charge in [0.2, 0.25) is 10.0 Å². The van der Waals surface area contributed by atoms with Crippen molar-refractivity contribution in [2.24, 2.45) is 0 Å². The van der Waals surface area contributed by atoms with Gasteiger partial charge in [0.05, 0.1) is 12.2 Å². The van der Waals surface area contributed by atoms with Crippen LogP contribution in [0.15, 0.2) is 33.7 Å². The lowest BCUT2D eigenvalue weighted by Crippen LogP contribution is -2.27. The van der Waals surface area contributed by atoms with Crippen molar-refractivity contribution in [2.45, 2.75) is 18.4 Å². The molecule has 0 aliphatic carbocycles. The molecule has 0 amide bonds. The van der Waals surface area contributed by atoms with Crippen molar-refractivity contribution in [3.05, 3.63) is 41.5 Å². The molecule has 0 aliphatic rings. The number of aryl methyl sites for hydroxylation is 1. The number of hydrogen-bond acceptors (Lipinski definition) is 5. The Labute approximate surface area is 116 Å². The molecule has 0 bridgehead atoms. The number of anilines is 1. The van der Waals surface area contributed by atoms with Gasteiger partial charge in [-0.15, -0.1) is 0 Å². The normalized spacial score (nSPS) is 12.0. The summed E-state index contributed by atoms with van der Waals surface area (Å²) < 4.78 is 44.1. The maximum absolute atomic E-state index is 13.7. The summed E-state index contributed by atoms with van der Waals surface area (Å²) in [5.74, 6) is -0.308. The first kappa shape index (κ1) is 14.5. The lowest BCUT2D eigenvalue weighted by atomic mass is 10.3. The maximum Gasteiger partial charge on any atom is 0.246 e. The van der Waals surface area contributed by atoms with Gasteiger partial charge in [-0.05, 0) is 25.1 Å². The largest absolute Gasteiger partial charge is 0.399 e. The molecule has 20 heavy (non-hydrogen) atoms.